The van der Waals surface area contributed by atoms with E-state index in [-0.39, 0.29) is 23.2 Å². The number of aromatic nitrogens is 4. The van der Waals surface area contributed by atoms with Crippen LogP contribution in [0.15, 0.2) is 35.5 Å². The van der Waals surface area contributed by atoms with Crippen molar-refractivity contribution in [1.29, 1.82) is 0 Å². The summed E-state index contributed by atoms with van der Waals surface area (Å²) in [6, 6.07) is 8.13. The summed E-state index contributed by atoms with van der Waals surface area (Å²) in [5.41, 5.74) is 1.69. The number of nitrogens with one attached hydrogen (secondary N) is 1. The van der Waals surface area contributed by atoms with Gasteiger partial charge in [0.25, 0.3) is 0 Å². The van der Waals surface area contributed by atoms with Gasteiger partial charge in [-0.2, -0.15) is 0 Å². The quantitative estimate of drug-likeness (QED) is 0.500. The van der Waals surface area contributed by atoms with Gasteiger partial charge in [-0.15, -0.1) is 10.5 Å². The molecule has 1 unspecified atom stereocenters. The first-order chi connectivity index (χ1) is 15.8. The fourth-order valence-electron chi connectivity index (χ4n) is 3.66. The predicted octanol–water partition coefficient (Wildman–Crippen LogP) is 4.20. The molecule has 0 saturated carbocycles. The van der Waals surface area contributed by atoms with Crippen molar-refractivity contribution in [3.8, 4) is 11.4 Å². The minimum atomic E-state index is -0.866. The van der Waals surface area contributed by atoms with Gasteiger partial charge in [0.1, 0.15) is 11.6 Å². The number of aromatic amines is 1. The molecule has 1 aliphatic rings. The van der Waals surface area contributed by atoms with E-state index in [0.29, 0.717) is 0 Å². The van der Waals surface area contributed by atoms with Gasteiger partial charge in [0.05, 0.1) is 28.7 Å². The molecule has 4 rings (SSSR count). The molecular formula is C24H31N5O3S. The van der Waals surface area contributed by atoms with Crippen LogP contribution in [0.1, 0.15) is 33.6 Å². The van der Waals surface area contributed by atoms with Crippen molar-refractivity contribution >= 4 is 38.8 Å². The standard InChI is InChI=1S/C24H31N5O3S/c1-5-33(4)20-9-7-18-22(27-20)28-21(26-18)16-6-8-19(25-14-16)29-12-10-17(11-13-29)32-15-24(2,3)23(30)31/h5-9,14,17H,10-13,15H2,1-4H3,(H,30,31)(H,26,27,28). The van der Waals surface area contributed by atoms with Crippen LogP contribution >= 0.6 is 10.5 Å². The van der Waals surface area contributed by atoms with Gasteiger partial charge in [-0.05, 0) is 64.1 Å². The number of carboxylic acid groups (broad SMARTS) is 1. The van der Waals surface area contributed by atoms with Crippen molar-refractivity contribution in [3.05, 3.63) is 30.5 Å². The number of anilines is 1. The number of imidazole rings is 1. The van der Waals surface area contributed by atoms with Crippen molar-refractivity contribution in [2.75, 3.05) is 30.9 Å². The Kier molecular flexibility index (Phi) is 6.81. The summed E-state index contributed by atoms with van der Waals surface area (Å²) in [5, 5.41) is 12.4. The van der Waals surface area contributed by atoms with Crippen LogP contribution in [0.4, 0.5) is 5.82 Å². The number of rotatable bonds is 7. The van der Waals surface area contributed by atoms with E-state index in [0.717, 1.165) is 59.3 Å². The molecule has 9 heteroatoms. The molecule has 3 aromatic heterocycles. The molecule has 1 aliphatic heterocycles. The average molecular weight is 470 g/mol. The molecule has 1 atom stereocenters. The molecule has 176 valence electrons. The lowest BCUT2D eigenvalue weighted by Gasteiger charge is -2.34. The molecule has 0 aliphatic carbocycles. The second-order valence-electron chi connectivity index (χ2n) is 8.99. The molecule has 0 bridgehead atoms. The first-order valence-corrected chi connectivity index (χ1v) is 12.8. The highest BCUT2D eigenvalue weighted by Crippen LogP contribution is 2.26. The van der Waals surface area contributed by atoms with Crippen LogP contribution in [0.25, 0.3) is 22.6 Å². The lowest BCUT2D eigenvalue weighted by atomic mass is 9.95. The zero-order valence-corrected chi connectivity index (χ0v) is 20.4. The fraction of sp³-hybridized carbons (Fsp3) is 0.458. The third kappa shape index (κ3) is 5.25. The summed E-state index contributed by atoms with van der Waals surface area (Å²) in [6.07, 6.45) is 5.78. The number of nitrogens with zero attached hydrogens (tertiary/aromatic N) is 4. The third-order valence-electron chi connectivity index (χ3n) is 6.05. The van der Waals surface area contributed by atoms with Gasteiger partial charge in [0, 0.05) is 24.8 Å². The molecule has 1 saturated heterocycles. The van der Waals surface area contributed by atoms with Crippen molar-refractivity contribution in [1.82, 2.24) is 19.9 Å². The first kappa shape index (κ1) is 23.4. The Morgan fingerprint density at radius 3 is 2.67 bits per heavy atom. The fourth-order valence-corrected chi connectivity index (χ4v) is 4.42. The maximum Gasteiger partial charge on any atom is 0.311 e. The van der Waals surface area contributed by atoms with Crippen LogP contribution in [0.5, 0.6) is 0 Å². The molecule has 0 spiro atoms. The highest BCUT2D eigenvalue weighted by Gasteiger charge is 2.30. The Bertz CT molecular complexity index is 1160. The van der Waals surface area contributed by atoms with Crippen molar-refractivity contribution in [2.45, 2.75) is 44.7 Å². The van der Waals surface area contributed by atoms with Crippen LogP contribution in [0, 0.1) is 5.41 Å². The Morgan fingerprint density at radius 1 is 1.27 bits per heavy atom. The summed E-state index contributed by atoms with van der Waals surface area (Å²) in [5.74, 6) is 0.853. The smallest absolute Gasteiger partial charge is 0.311 e. The van der Waals surface area contributed by atoms with E-state index in [2.05, 4.69) is 31.5 Å². The van der Waals surface area contributed by atoms with Crippen LogP contribution in [-0.4, -0.2) is 68.4 Å². The predicted molar refractivity (Wildman–Crippen MR) is 133 cm³/mol. The van der Waals surface area contributed by atoms with E-state index in [9.17, 15) is 9.90 Å². The Hall–Kier alpha value is -2.78. The van der Waals surface area contributed by atoms with Gasteiger partial charge >= 0.3 is 5.97 Å². The highest BCUT2D eigenvalue weighted by molar-refractivity contribution is 8.14. The molecule has 0 amide bonds. The zero-order chi connectivity index (χ0) is 23.6. The molecule has 1 fully saturated rings. The number of ether oxygens (including phenoxy) is 1. The van der Waals surface area contributed by atoms with E-state index >= 15 is 0 Å². The van der Waals surface area contributed by atoms with E-state index < -0.39 is 11.4 Å². The zero-order valence-electron chi connectivity index (χ0n) is 19.5. The van der Waals surface area contributed by atoms with Crippen LogP contribution in [0.3, 0.4) is 0 Å². The number of carboxylic acids is 1. The maximum atomic E-state index is 11.3. The Labute approximate surface area is 196 Å². The van der Waals surface area contributed by atoms with Crippen LogP contribution < -0.4 is 4.90 Å². The molecule has 4 heterocycles. The summed E-state index contributed by atoms with van der Waals surface area (Å²) in [4.78, 5) is 30.9. The van der Waals surface area contributed by atoms with E-state index in [1.807, 2.05) is 37.4 Å². The van der Waals surface area contributed by atoms with Gasteiger partial charge in [0.15, 0.2) is 5.65 Å². The molecule has 0 radical (unpaired) electrons. The monoisotopic (exact) mass is 469 g/mol. The third-order valence-corrected chi connectivity index (χ3v) is 7.64. The molecule has 3 aromatic rings. The minimum absolute atomic E-state index is 0.00851. The van der Waals surface area contributed by atoms with Gasteiger partial charge in [0.2, 0.25) is 0 Å². The van der Waals surface area contributed by atoms with E-state index in [1.165, 1.54) is 0 Å². The molecule has 2 N–H and O–H groups in total. The number of hydrogen-bond donors (Lipinski definition) is 2. The van der Waals surface area contributed by atoms with Gasteiger partial charge in [-0.3, -0.25) is 4.79 Å². The summed E-state index contributed by atoms with van der Waals surface area (Å²) in [7, 11) is 0.00851. The number of fused-ring (bicyclic) bond motifs is 1. The first-order valence-electron chi connectivity index (χ1n) is 11.1. The number of piperidine rings is 1. The second-order valence-corrected chi connectivity index (χ2v) is 11.0. The van der Waals surface area contributed by atoms with Crippen LogP contribution in [-0.2, 0) is 9.53 Å². The largest absolute Gasteiger partial charge is 0.481 e. The average Bonchev–Trinajstić information content (AvgIpc) is 3.26. The number of H-pyrrole nitrogens is 1. The summed E-state index contributed by atoms with van der Waals surface area (Å²) in [6.45, 7) is 7.32. The summed E-state index contributed by atoms with van der Waals surface area (Å²) < 4.78 is 5.88. The molecular weight excluding hydrogens is 438 g/mol. The lowest BCUT2D eigenvalue weighted by molar-refractivity contribution is -0.152. The number of carbonyl (C=O) groups is 1. The Balaban J connectivity index is 1.38. The summed E-state index contributed by atoms with van der Waals surface area (Å²) >= 11 is 0. The topological polar surface area (TPSA) is 104 Å². The minimum Gasteiger partial charge on any atom is -0.481 e. The number of hydrogen-bond acceptors (Lipinski definition) is 6. The SMILES string of the molecule is C/C=S(\C)c1ccc2[nH]c(-c3ccc(N4CCC(OCC(C)(C)C(=O)O)CC4)nc3)nc2n1. The van der Waals surface area contributed by atoms with Crippen molar-refractivity contribution < 1.29 is 14.6 Å². The van der Waals surface area contributed by atoms with Crippen molar-refractivity contribution in [2.24, 2.45) is 5.41 Å². The van der Waals surface area contributed by atoms with Crippen LogP contribution in [0.2, 0.25) is 0 Å². The number of aliphatic carboxylic acids is 1. The highest BCUT2D eigenvalue weighted by atomic mass is 32.2. The van der Waals surface area contributed by atoms with Gasteiger partial charge in [-0.1, -0.05) is 5.37 Å². The molecule has 33 heavy (non-hydrogen) atoms. The number of pyridine rings is 2. The second kappa shape index (κ2) is 9.61. The molecule has 8 nitrogen and oxygen atoms in total. The van der Waals surface area contributed by atoms with E-state index in [4.69, 9.17) is 9.72 Å². The normalized spacial score (nSPS) is 16.4. The molecule has 0 aromatic carbocycles. The van der Waals surface area contributed by atoms with E-state index in [1.54, 1.807) is 13.8 Å². The van der Waals surface area contributed by atoms with Gasteiger partial charge < -0.3 is 19.7 Å². The lowest BCUT2D eigenvalue weighted by Crippen LogP contribution is -2.39. The van der Waals surface area contributed by atoms with Gasteiger partial charge in [-0.25, -0.2) is 15.0 Å². The Morgan fingerprint density at radius 2 is 2.03 bits per heavy atom. The van der Waals surface area contributed by atoms with Crippen molar-refractivity contribution in [3.63, 3.8) is 0 Å². The maximum absolute atomic E-state index is 11.3.